The van der Waals surface area contributed by atoms with E-state index >= 15 is 0 Å². The highest BCUT2D eigenvalue weighted by Gasteiger charge is 2.15. The van der Waals surface area contributed by atoms with Gasteiger partial charge in [0.15, 0.2) is 0 Å². The van der Waals surface area contributed by atoms with Crippen molar-refractivity contribution in [2.75, 3.05) is 31.2 Å². The molecule has 1 aliphatic heterocycles. The van der Waals surface area contributed by atoms with Crippen molar-refractivity contribution in [1.29, 1.82) is 0 Å². The molecule has 1 saturated heterocycles. The fourth-order valence-corrected chi connectivity index (χ4v) is 2.33. The number of hydrogen-bond donors (Lipinski definition) is 1. The summed E-state index contributed by atoms with van der Waals surface area (Å²) in [6.07, 6.45) is 0.565. The first-order chi connectivity index (χ1) is 7.75. The van der Waals surface area contributed by atoms with Crippen molar-refractivity contribution >= 4 is 22.4 Å². The number of carbonyl (C=O) groups is 1. The van der Waals surface area contributed by atoms with Crippen LogP contribution in [0, 0.1) is 0 Å². The SMILES string of the molecule is O=C(O)CCc1nnc(N2CCOCC2)s1. The zero-order valence-electron chi connectivity index (χ0n) is 8.76. The van der Waals surface area contributed by atoms with Crippen LogP contribution >= 0.6 is 11.3 Å². The predicted octanol–water partition coefficient (Wildman–Crippen LogP) is 0.392. The van der Waals surface area contributed by atoms with E-state index in [4.69, 9.17) is 9.84 Å². The van der Waals surface area contributed by atoms with Crippen LogP contribution in [-0.4, -0.2) is 47.6 Å². The number of ether oxygens (including phenoxy) is 1. The van der Waals surface area contributed by atoms with Gasteiger partial charge in [0.1, 0.15) is 5.01 Å². The van der Waals surface area contributed by atoms with Crippen molar-refractivity contribution in [1.82, 2.24) is 10.2 Å². The molecule has 0 atom stereocenters. The Balaban J connectivity index is 1.93. The van der Waals surface area contributed by atoms with Gasteiger partial charge in [-0.2, -0.15) is 0 Å². The standard InChI is InChI=1S/C9H13N3O3S/c13-8(14)2-1-7-10-11-9(16-7)12-3-5-15-6-4-12/h1-6H2,(H,13,14). The van der Waals surface area contributed by atoms with E-state index < -0.39 is 5.97 Å². The van der Waals surface area contributed by atoms with E-state index in [-0.39, 0.29) is 6.42 Å². The molecule has 1 N–H and O–H groups in total. The fourth-order valence-electron chi connectivity index (χ4n) is 1.44. The van der Waals surface area contributed by atoms with E-state index in [0.29, 0.717) is 19.6 Å². The fraction of sp³-hybridized carbons (Fsp3) is 0.667. The lowest BCUT2D eigenvalue weighted by Gasteiger charge is -2.25. The van der Waals surface area contributed by atoms with Gasteiger partial charge in [0.2, 0.25) is 5.13 Å². The first kappa shape index (κ1) is 11.3. The highest BCUT2D eigenvalue weighted by molar-refractivity contribution is 7.15. The molecule has 0 amide bonds. The van der Waals surface area contributed by atoms with Crippen molar-refractivity contribution in [2.45, 2.75) is 12.8 Å². The summed E-state index contributed by atoms with van der Waals surface area (Å²) >= 11 is 1.47. The summed E-state index contributed by atoms with van der Waals surface area (Å²) in [6.45, 7) is 3.08. The van der Waals surface area contributed by atoms with Crippen LogP contribution in [0.4, 0.5) is 5.13 Å². The summed E-state index contributed by atoms with van der Waals surface area (Å²) in [6, 6.07) is 0. The Morgan fingerprint density at radius 1 is 1.44 bits per heavy atom. The van der Waals surface area contributed by atoms with Gasteiger partial charge in [-0.15, -0.1) is 10.2 Å². The second kappa shape index (κ2) is 5.22. The number of hydrogen-bond acceptors (Lipinski definition) is 6. The maximum absolute atomic E-state index is 10.4. The molecule has 1 aromatic rings. The Hall–Kier alpha value is -1.21. The number of morpholine rings is 1. The largest absolute Gasteiger partial charge is 0.481 e. The third-order valence-corrected chi connectivity index (χ3v) is 3.33. The normalized spacial score (nSPS) is 16.4. The summed E-state index contributed by atoms with van der Waals surface area (Å²) in [4.78, 5) is 12.5. The number of aliphatic carboxylic acids is 1. The van der Waals surface area contributed by atoms with E-state index in [1.165, 1.54) is 11.3 Å². The van der Waals surface area contributed by atoms with E-state index in [9.17, 15) is 4.79 Å². The van der Waals surface area contributed by atoms with Crippen LogP contribution in [0.25, 0.3) is 0 Å². The van der Waals surface area contributed by atoms with E-state index in [0.717, 1.165) is 23.2 Å². The minimum absolute atomic E-state index is 0.109. The lowest BCUT2D eigenvalue weighted by atomic mass is 10.3. The molecule has 0 saturated carbocycles. The van der Waals surface area contributed by atoms with Crippen molar-refractivity contribution in [3.63, 3.8) is 0 Å². The average molecular weight is 243 g/mol. The molecule has 7 heteroatoms. The molecule has 6 nitrogen and oxygen atoms in total. The highest BCUT2D eigenvalue weighted by Crippen LogP contribution is 2.21. The molecular weight excluding hydrogens is 230 g/mol. The van der Waals surface area contributed by atoms with Crippen LogP contribution in [0.3, 0.4) is 0 Å². The molecule has 2 rings (SSSR count). The van der Waals surface area contributed by atoms with Crippen LogP contribution < -0.4 is 4.90 Å². The molecule has 0 spiro atoms. The summed E-state index contributed by atoms with van der Waals surface area (Å²) in [5.41, 5.74) is 0. The van der Waals surface area contributed by atoms with Crippen LogP contribution in [0.1, 0.15) is 11.4 Å². The van der Waals surface area contributed by atoms with Gasteiger partial charge in [-0.05, 0) is 0 Å². The number of carboxylic acid groups (broad SMARTS) is 1. The number of nitrogens with zero attached hydrogens (tertiary/aromatic N) is 3. The van der Waals surface area contributed by atoms with Crippen molar-refractivity contribution in [3.8, 4) is 0 Å². The number of carboxylic acids is 1. The Bertz CT molecular complexity index is 363. The minimum Gasteiger partial charge on any atom is -0.481 e. The molecule has 1 aromatic heterocycles. The minimum atomic E-state index is -0.803. The van der Waals surface area contributed by atoms with Gasteiger partial charge < -0.3 is 14.7 Å². The van der Waals surface area contributed by atoms with E-state index in [1.54, 1.807) is 0 Å². The maximum Gasteiger partial charge on any atom is 0.303 e. The lowest BCUT2D eigenvalue weighted by Crippen LogP contribution is -2.36. The van der Waals surface area contributed by atoms with E-state index in [2.05, 4.69) is 15.1 Å². The topological polar surface area (TPSA) is 75.5 Å². The highest BCUT2D eigenvalue weighted by atomic mass is 32.1. The Morgan fingerprint density at radius 2 is 2.19 bits per heavy atom. The summed E-state index contributed by atoms with van der Waals surface area (Å²) < 4.78 is 5.24. The summed E-state index contributed by atoms with van der Waals surface area (Å²) in [7, 11) is 0. The summed E-state index contributed by atoms with van der Waals surface area (Å²) in [5.74, 6) is -0.803. The van der Waals surface area contributed by atoms with Crippen molar-refractivity contribution in [3.05, 3.63) is 5.01 Å². The quantitative estimate of drug-likeness (QED) is 0.824. The van der Waals surface area contributed by atoms with Crippen molar-refractivity contribution < 1.29 is 14.6 Å². The van der Waals surface area contributed by atoms with Crippen LogP contribution in [0.5, 0.6) is 0 Å². The number of aryl methyl sites for hydroxylation is 1. The molecule has 16 heavy (non-hydrogen) atoms. The third-order valence-electron chi connectivity index (χ3n) is 2.29. The number of rotatable bonds is 4. The second-order valence-corrected chi connectivity index (χ2v) is 4.51. The number of aromatic nitrogens is 2. The predicted molar refractivity (Wildman–Crippen MR) is 58.9 cm³/mol. The summed E-state index contributed by atoms with van der Waals surface area (Å²) in [5, 5.41) is 18.3. The molecule has 1 fully saturated rings. The monoisotopic (exact) mass is 243 g/mol. The maximum atomic E-state index is 10.4. The Labute approximate surface area is 96.9 Å². The molecule has 0 aliphatic carbocycles. The molecule has 2 heterocycles. The second-order valence-electron chi connectivity index (χ2n) is 3.47. The molecule has 0 aromatic carbocycles. The van der Waals surface area contributed by atoms with Gasteiger partial charge in [0.25, 0.3) is 0 Å². The van der Waals surface area contributed by atoms with Crippen LogP contribution in [0.2, 0.25) is 0 Å². The molecular formula is C9H13N3O3S. The Morgan fingerprint density at radius 3 is 2.88 bits per heavy atom. The van der Waals surface area contributed by atoms with Gasteiger partial charge in [0.05, 0.1) is 19.6 Å². The zero-order chi connectivity index (χ0) is 11.4. The lowest BCUT2D eigenvalue weighted by molar-refractivity contribution is -0.136. The average Bonchev–Trinajstić information content (AvgIpc) is 2.76. The van der Waals surface area contributed by atoms with Gasteiger partial charge >= 0.3 is 5.97 Å². The van der Waals surface area contributed by atoms with Gasteiger partial charge in [0, 0.05) is 19.5 Å². The smallest absolute Gasteiger partial charge is 0.303 e. The van der Waals surface area contributed by atoms with Gasteiger partial charge in [-0.1, -0.05) is 11.3 Å². The van der Waals surface area contributed by atoms with E-state index in [1.807, 2.05) is 0 Å². The first-order valence-electron chi connectivity index (χ1n) is 5.12. The molecule has 0 unspecified atom stereocenters. The molecule has 0 bridgehead atoms. The zero-order valence-corrected chi connectivity index (χ0v) is 9.57. The van der Waals surface area contributed by atoms with Gasteiger partial charge in [-0.3, -0.25) is 4.79 Å². The molecule has 1 aliphatic rings. The third kappa shape index (κ3) is 2.89. The van der Waals surface area contributed by atoms with Gasteiger partial charge in [-0.25, -0.2) is 0 Å². The van der Waals surface area contributed by atoms with Crippen LogP contribution in [0.15, 0.2) is 0 Å². The van der Waals surface area contributed by atoms with Crippen LogP contribution in [-0.2, 0) is 16.0 Å². The number of anilines is 1. The molecule has 0 radical (unpaired) electrons. The first-order valence-corrected chi connectivity index (χ1v) is 5.94. The van der Waals surface area contributed by atoms with Crippen molar-refractivity contribution in [2.24, 2.45) is 0 Å². The molecule has 88 valence electrons. The Kier molecular flexibility index (Phi) is 3.68.